The summed E-state index contributed by atoms with van der Waals surface area (Å²) >= 11 is 0. The van der Waals surface area contributed by atoms with Crippen molar-refractivity contribution in [2.75, 3.05) is 26.9 Å². The molecule has 0 saturated heterocycles. The van der Waals surface area contributed by atoms with Crippen molar-refractivity contribution in [1.82, 2.24) is 5.32 Å². The molecule has 1 aromatic carbocycles. The van der Waals surface area contributed by atoms with Crippen LogP contribution in [0.15, 0.2) is 12.1 Å². The third-order valence-corrected chi connectivity index (χ3v) is 4.48. The minimum absolute atomic E-state index is 0.116. The van der Waals surface area contributed by atoms with Gasteiger partial charge in [0.15, 0.2) is 6.61 Å². The van der Waals surface area contributed by atoms with E-state index < -0.39 is 12.6 Å². The van der Waals surface area contributed by atoms with Gasteiger partial charge >= 0.3 is 5.97 Å². The summed E-state index contributed by atoms with van der Waals surface area (Å²) in [6.07, 6.45) is 3.21. The number of aliphatic carboxylic acids is 1. The van der Waals surface area contributed by atoms with Crippen molar-refractivity contribution in [3.05, 3.63) is 28.8 Å². The number of rotatable bonds is 9. The van der Waals surface area contributed by atoms with Crippen LogP contribution < -0.4 is 10.1 Å². The number of benzene rings is 1. The van der Waals surface area contributed by atoms with Gasteiger partial charge in [-0.05, 0) is 61.8 Å². The smallest absolute Gasteiger partial charge is 0.341 e. The van der Waals surface area contributed by atoms with Gasteiger partial charge in [0.25, 0.3) is 5.91 Å². The van der Waals surface area contributed by atoms with E-state index in [9.17, 15) is 9.59 Å². The molecular weight excluding hydrogens is 310 g/mol. The van der Waals surface area contributed by atoms with Crippen molar-refractivity contribution < 1.29 is 24.2 Å². The predicted molar refractivity (Wildman–Crippen MR) is 89.5 cm³/mol. The first-order chi connectivity index (χ1) is 11.4. The SMILES string of the molecule is COCCC1(CNC(=O)c2cc(C)c(OCC(=O)O)c(C)c2)CC1. The number of methoxy groups -OCH3 is 1. The Hall–Kier alpha value is -2.08. The molecule has 1 aromatic rings. The number of hydrogen-bond donors (Lipinski definition) is 2. The number of hydrogen-bond acceptors (Lipinski definition) is 4. The van der Waals surface area contributed by atoms with Crippen molar-refractivity contribution in [3.8, 4) is 5.75 Å². The van der Waals surface area contributed by atoms with E-state index in [4.69, 9.17) is 14.6 Å². The van der Waals surface area contributed by atoms with Crippen LogP contribution in [0.2, 0.25) is 0 Å². The highest BCUT2D eigenvalue weighted by molar-refractivity contribution is 5.95. The zero-order valence-electron chi connectivity index (χ0n) is 14.5. The molecule has 0 bridgehead atoms. The van der Waals surface area contributed by atoms with Gasteiger partial charge in [0, 0.05) is 25.8 Å². The molecule has 2 N–H and O–H groups in total. The molecule has 1 saturated carbocycles. The lowest BCUT2D eigenvalue weighted by molar-refractivity contribution is -0.139. The fraction of sp³-hybridized carbons (Fsp3) is 0.556. The average molecular weight is 335 g/mol. The average Bonchev–Trinajstić information content (AvgIpc) is 3.30. The maximum Gasteiger partial charge on any atom is 0.341 e. The number of carboxylic acids is 1. The third-order valence-electron chi connectivity index (χ3n) is 4.48. The molecule has 0 aromatic heterocycles. The van der Waals surface area contributed by atoms with Crippen LogP contribution in [0, 0.1) is 19.3 Å². The summed E-state index contributed by atoms with van der Waals surface area (Å²) in [5.74, 6) is -0.621. The summed E-state index contributed by atoms with van der Waals surface area (Å²) in [4.78, 5) is 23.0. The van der Waals surface area contributed by atoms with Crippen molar-refractivity contribution in [3.63, 3.8) is 0 Å². The number of carbonyl (C=O) groups is 2. The zero-order valence-corrected chi connectivity index (χ0v) is 14.5. The Morgan fingerprint density at radius 2 is 1.88 bits per heavy atom. The van der Waals surface area contributed by atoms with Crippen LogP contribution in [0.1, 0.15) is 40.7 Å². The summed E-state index contributed by atoms with van der Waals surface area (Å²) in [6.45, 7) is 4.59. The first kappa shape index (κ1) is 18.3. The number of amides is 1. The highest BCUT2D eigenvalue weighted by atomic mass is 16.5. The van der Waals surface area contributed by atoms with Gasteiger partial charge in [-0.2, -0.15) is 0 Å². The first-order valence-corrected chi connectivity index (χ1v) is 8.10. The standard InChI is InChI=1S/C18H25NO5/c1-12-8-14(9-13(2)16(12)24-10-15(20)21)17(22)19-11-18(4-5-18)6-7-23-3/h8-9H,4-7,10-11H2,1-3H3,(H,19,22)(H,20,21). The molecule has 24 heavy (non-hydrogen) atoms. The largest absolute Gasteiger partial charge is 0.481 e. The van der Waals surface area contributed by atoms with Gasteiger partial charge in [-0.1, -0.05) is 0 Å². The summed E-state index contributed by atoms with van der Waals surface area (Å²) in [7, 11) is 1.69. The predicted octanol–water partition coefficient (Wildman–Crippen LogP) is 2.31. The monoisotopic (exact) mass is 335 g/mol. The van der Waals surface area contributed by atoms with Crippen molar-refractivity contribution in [2.24, 2.45) is 5.41 Å². The van der Waals surface area contributed by atoms with Gasteiger partial charge in [-0.25, -0.2) is 4.79 Å². The number of carboxylic acid groups (broad SMARTS) is 1. The van der Waals surface area contributed by atoms with Crippen LogP contribution in [0.3, 0.4) is 0 Å². The molecule has 6 nitrogen and oxygen atoms in total. The molecule has 132 valence electrons. The van der Waals surface area contributed by atoms with E-state index in [2.05, 4.69) is 5.32 Å². The molecule has 0 aliphatic heterocycles. The Morgan fingerprint density at radius 1 is 1.25 bits per heavy atom. The Balaban J connectivity index is 1.98. The van der Waals surface area contributed by atoms with E-state index in [1.54, 1.807) is 19.2 Å². The Kier molecular flexibility index (Phi) is 5.83. The molecule has 0 spiro atoms. The van der Waals surface area contributed by atoms with Gasteiger partial charge < -0.3 is 19.9 Å². The Labute approximate surface area is 142 Å². The first-order valence-electron chi connectivity index (χ1n) is 8.10. The number of nitrogens with one attached hydrogen (secondary N) is 1. The van der Waals surface area contributed by atoms with Crippen molar-refractivity contribution >= 4 is 11.9 Å². The van der Waals surface area contributed by atoms with E-state index in [1.807, 2.05) is 13.8 Å². The van der Waals surface area contributed by atoms with Gasteiger partial charge in [0.1, 0.15) is 5.75 Å². The topological polar surface area (TPSA) is 84.9 Å². The summed E-state index contributed by atoms with van der Waals surface area (Å²) in [5, 5.41) is 11.7. The van der Waals surface area contributed by atoms with Crippen molar-refractivity contribution in [2.45, 2.75) is 33.1 Å². The second-order valence-electron chi connectivity index (χ2n) is 6.55. The number of aryl methyl sites for hydroxylation is 2. The fourth-order valence-corrected chi connectivity index (χ4v) is 2.82. The van der Waals surface area contributed by atoms with E-state index in [0.29, 0.717) is 24.5 Å². The van der Waals surface area contributed by atoms with Crippen LogP contribution in [0.5, 0.6) is 5.75 Å². The molecule has 6 heteroatoms. The van der Waals surface area contributed by atoms with Crippen LogP contribution in [-0.2, 0) is 9.53 Å². The van der Waals surface area contributed by atoms with Crippen LogP contribution in [-0.4, -0.2) is 43.9 Å². The van der Waals surface area contributed by atoms with Crippen LogP contribution in [0.4, 0.5) is 0 Å². The molecule has 0 unspecified atom stereocenters. The second-order valence-corrected chi connectivity index (χ2v) is 6.55. The minimum atomic E-state index is -1.03. The molecule has 0 atom stereocenters. The van der Waals surface area contributed by atoms with E-state index in [0.717, 1.165) is 30.4 Å². The summed E-state index contributed by atoms with van der Waals surface area (Å²) in [6, 6.07) is 3.46. The van der Waals surface area contributed by atoms with Gasteiger partial charge in [0.2, 0.25) is 0 Å². The van der Waals surface area contributed by atoms with Crippen molar-refractivity contribution in [1.29, 1.82) is 0 Å². The van der Waals surface area contributed by atoms with Gasteiger partial charge in [-0.15, -0.1) is 0 Å². The molecular formula is C18H25NO5. The molecule has 1 aliphatic rings. The molecule has 1 aliphatic carbocycles. The maximum absolute atomic E-state index is 12.4. The van der Waals surface area contributed by atoms with Crippen LogP contribution in [0.25, 0.3) is 0 Å². The Bertz CT molecular complexity index is 599. The maximum atomic E-state index is 12.4. The van der Waals surface area contributed by atoms with Crippen LogP contribution >= 0.6 is 0 Å². The number of carbonyl (C=O) groups excluding carboxylic acids is 1. The lowest BCUT2D eigenvalue weighted by atomic mass is 10.0. The van der Waals surface area contributed by atoms with E-state index >= 15 is 0 Å². The quantitative estimate of drug-likeness (QED) is 0.723. The fourth-order valence-electron chi connectivity index (χ4n) is 2.82. The molecule has 0 heterocycles. The Morgan fingerprint density at radius 3 is 2.38 bits per heavy atom. The number of ether oxygens (including phenoxy) is 2. The zero-order chi connectivity index (χ0) is 17.7. The lowest BCUT2D eigenvalue weighted by Crippen LogP contribution is -2.31. The highest BCUT2D eigenvalue weighted by Gasteiger charge is 2.42. The molecule has 1 fully saturated rings. The third kappa shape index (κ3) is 4.71. The minimum Gasteiger partial charge on any atom is -0.481 e. The lowest BCUT2D eigenvalue weighted by Gasteiger charge is -2.17. The second kappa shape index (κ2) is 7.66. The molecule has 0 radical (unpaired) electrons. The van der Waals surface area contributed by atoms with E-state index in [-0.39, 0.29) is 11.3 Å². The molecule has 2 rings (SSSR count). The summed E-state index contributed by atoms with van der Waals surface area (Å²) in [5.41, 5.74) is 2.26. The summed E-state index contributed by atoms with van der Waals surface area (Å²) < 4.78 is 10.4. The normalized spacial score (nSPS) is 15.0. The van der Waals surface area contributed by atoms with Gasteiger partial charge in [-0.3, -0.25) is 4.79 Å². The molecule has 1 amide bonds. The van der Waals surface area contributed by atoms with Gasteiger partial charge in [0.05, 0.1) is 0 Å². The highest BCUT2D eigenvalue weighted by Crippen LogP contribution is 2.48. The van der Waals surface area contributed by atoms with E-state index in [1.165, 1.54) is 0 Å².